The Morgan fingerprint density at radius 1 is 1.12 bits per heavy atom. The summed E-state index contributed by atoms with van der Waals surface area (Å²) in [5.74, 6) is 0.763. The number of aromatic nitrogens is 1. The number of nitro benzene ring substituents is 1. The lowest BCUT2D eigenvalue weighted by Crippen LogP contribution is -2.30. The van der Waals surface area contributed by atoms with Crippen LogP contribution in [0.15, 0.2) is 62.9 Å². The molecule has 0 radical (unpaired) electrons. The minimum absolute atomic E-state index is 0.0267. The molecule has 1 aliphatic heterocycles. The first-order chi connectivity index (χ1) is 15.4. The second-order valence-electron chi connectivity index (χ2n) is 7.39. The summed E-state index contributed by atoms with van der Waals surface area (Å²) in [4.78, 5) is 16.9. The Morgan fingerprint density at radius 3 is 2.50 bits per heavy atom. The van der Waals surface area contributed by atoms with E-state index in [2.05, 4.69) is 4.98 Å². The number of benzene rings is 2. The Morgan fingerprint density at radius 2 is 1.84 bits per heavy atom. The molecule has 1 aliphatic rings. The van der Waals surface area contributed by atoms with Crippen LogP contribution in [0.2, 0.25) is 0 Å². The topological polar surface area (TPSA) is 116 Å². The maximum Gasteiger partial charge on any atom is 0.270 e. The molecule has 1 aromatic heterocycles. The van der Waals surface area contributed by atoms with Crippen molar-refractivity contribution in [2.24, 2.45) is 0 Å². The summed E-state index contributed by atoms with van der Waals surface area (Å²) in [7, 11) is -4.00. The first-order valence-electron chi connectivity index (χ1n) is 10.4. The zero-order valence-electron chi connectivity index (χ0n) is 17.6. The lowest BCUT2D eigenvalue weighted by atomic mass is 10.1. The molecule has 0 aliphatic carbocycles. The minimum Gasteiger partial charge on any atom is -0.494 e. The van der Waals surface area contributed by atoms with E-state index in [4.69, 9.17) is 9.15 Å². The van der Waals surface area contributed by atoms with E-state index < -0.39 is 14.8 Å². The maximum absolute atomic E-state index is 13.5. The maximum atomic E-state index is 13.5. The molecule has 1 fully saturated rings. The second kappa shape index (κ2) is 8.99. The number of hydrogen-bond donors (Lipinski definition) is 0. The van der Waals surface area contributed by atoms with Crippen LogP contribution in [0.25, 0.3) is 11.5 Å². The summed E-state index contributed by atoms with van der Waals surface area (Å²) in [5.41, 5.74) is 0.210. The van der Waals surface area contributed by atoms with Gasteiger partial charge < -0.3 is 14.1 Å². The van der Waals surface area contributed by atoms with Crippen LogP contribution in [0.3, 0.4) is 0 Å². The van der Waals surface area contributed by atoms with Gasteiger partial charge in [0.25, 0.3) is 5.69 Å². The van der Waals surface area contributed by atoms with Crippen LogP contribution in [-0.2, 0) is 9.84 Å². The zero-order valence-corrected chi connectivity index (χ0v) is 18.4. The highest BCUT2D eigenvalue weighted by atomic mass is 32.2. The summed E-state index contributed by atoms with van der Waals surface area (Å²) in [6.45, 7) is 3.62. The molecule has 2 heterocycles. The lowest BCUT2D eigenvalue weighted by molar-refractivity contribution is -0.384. The van der Waals surface area contributed by atoms with E-state index in [1.165, 1.54) is 30.3 Å². The molecule has 0 atom stereocenters. The number of nitrogens with zero attached hydrogens (tertiary/aromatic N) is 3. The Bertz CT molecular complexity index is 1210. The number of nitro groups is 1. The zero-order chi connectivity index (χ0) is 22.7. The van der Waals surface area contributed by atoms with Crippen molar-refractivity contribution in [1.29, 1.82) is 0 Å². The third-order valence-electron chi connectivity index (χ3n) is 5.23. The third kappa shape index (κ3) is 4.31. The molecule has 0 spiro atoms. The van der Waals surface area contributed by atoms with Gasteiger partial charge in [-0.25, -0.2) is 8.42 Å². The molecule has 0 amide bonds. The van der Waals surface area contributed by atoms with Crippen molar-refractivity contribution in [2.45, 2.75) is 36.1 Å². The number of piperidine rings is 1. The van der Waals surface area contributed by atoms with E-state index in [1.807, 2.05) is 11.8 Å². The number of non-ortho nitro benzene ring substituents is 1. The molecule has 10 heteroatoms. The second-order valence-corrected chi connectivity index (χ2v) is 9.26. The Hall–Kier alpha value is -3.40. The molecule has 168 valence electrons. The molecule has 32 heavy (non-hydrogen) atoms. The number of hydrogen-bond acceptors (Lipinski definition) is 8. The van der Waals surface area contributed by atoms with Gasteiger partial charge in [-0.1, -0.05) is 6.07 Å². The predicted molar refractivity (Wildman–Crippen MR) is 118 cm³/mol. The van der Waals surface area contributed by atoms with Crippen LogP contribution in [-0.4, -0.2) is 38.0 Å². The highest BCUT2D eigenvalue weighted by molar-refractivity contribution is 7.91. The van der Waals surface area contributed by atoms with Gasteiger partial charge in [0.15, 0.2) is 0 Å². The van der Waals surface area contributed by atoms with Gasteiger partial charge in [0.2, 0.25) is 26.6 Å². The van der Waals surface area contributed by atoms with E-state index in [-0.39, 0.29) is 27.4 Å². The van der Waals surface area contributed by atoms with Crippen molar-refractivity contribution < 1.29 is 22.5 Å². The Kier molecular flexibility index (Phi) is 6.13. The predicted octanol–water partition coefficient (Wildman–Crippen LogP) is 4.47. The first kappa shape index (κ1) is 21.8. The number of anilines is 1. The Balaban J connectivity index is 1.80. The molecule has 0 unspecified atom stereocenters. The fraction of sp³-hybridized carbons (Fsp3) is 0.318. The fourth-order valence-corrected chi connectivity index (χ4v) is 4.96. The van der Waals surface area contributed by atoms with Crippen LogP contribution >= 0.6 is 0 Å². The van der Waals surface area contributed by atoms with Crippen molar-refractivity contribution in [3.63, 3.8) is 0 Å². The molecular formula is C22H23N3O6S. The lowest BCUT2D eigenvalue weighted by Gasteiger charge is -2.26. The van der Waals surface area contributed by atoms with Gasteiger partial charge in [-0.05, 0) is 56.5 Å². The van der Waals surface area contributed by atoms with Crippen LogP contribution < -0.4 is 9.64 Å². The highest BCUT2D eigenvalue weighted by Gasteiger charge is 2.32. The number of rotatable bonds is 7. The molecule has 1 saturated heterocycles. The van der Waals surface area contributed by atoms with E-state index in [9.17, 15) is 18.5 Å². The smallest absolute Gasteiger partial charge is 0.270 e. The van der Waals surface area contributed by atoms with Gasteiger partial charge in [0, 0.05) is 30.8 Å². The highest BCUT2D eigenvalue weighted by Crippen LogP contribution is 2.36. The van der Waals surface area contributed by atoms with Gasteiger partial charge in [-0.15, -0.1) is 0 Å². The largest absolute Gasteiger partial charge is 0.494 e. The van der Waals surface area contributed by atoms with Crippen LogP contribution in [0.5, 0.6) is 5.75 Å². The number of oxazole rings is 1. The van der Waals surface area contributed by atoms with Crippen molar-refractivity contribution in [3.05, 3.63) is 58.6 Å². The van der Waals surface area contributed by atoms with Gasteiger partial charge in [0.05, 0.1) is 16.4 Å². The number of sulfone groups is 1. The van der Waals surface area contributed by atoms with Crippen LogP contribution in [0, 0.1) is 10.1 Å². The van der Waals surface area contributed by atoms with Crippen molar-refractivity contribution in [2.75, 3.05) is 24.6 Å². The quantitative estimate of drug-likeness (QED) is 0.377. The SMILES string of the molecule is CCOc1ccc(S(=O)(=O)c2nc(-c3cccc([N+](=O)[O-])c3)oc2N2CCCCC2)cc1. The van der Waals surface area contributed by atoms with Gasteiger partial charge in [-0.2, -0.15) is 4.98 Å². The Labute approximate surface area is 185 Å². The van der Waals surface area contributed by atoms with E-state index in [0.29, 0.717) is 31.0 Å². The van der Waals surface area contributed by atoms with Crippen molar-refractivity contribution in [1.82, 2.24) is 4.98 Å². The van der Waals surface area contributed by atoms with E-state index in [1.54, 1.807) is 18.2 Å². The molecule has 9 nitrogen and oxygen atoms in total. The average molecular weight is 458 g/mol. The molecule has 4 rings (SSSR count). The summed E-state index contributed by atoms with van der Waals surface area (Å²) in [6.07, 6.45) is 2.88. The standard InChI is InChI=1S/C22H23N3O6S/c1-2-30-18-9-11-19(12-10-18)32(28,29)21-22(24-13-4-3-5-14-24)31-20(23-21)16-7-6-8-17(15-16)25(26)27/h6-12,15H,2-5,13-14H2,1H3. The summed E-state index contributed by atoms with van der Waals surface area (Å²) in [6, 6.07) is 11.9. The average Bonchev–Trinajstić information content (AvgIpc) is 3.27. The van der Waals surface area contributed by atoms with Gasteiger partial charge in [0.1, 0.15) is 5.75 Å². The van der Waals surface area contributed by atoms with Crippen LogP contribution in [0.1, 0.15) is 26.2 Å². The number of ether oxygens (including phenoxy) is 1. The molecule has 0 N–H and O–H groups in total. The first-order valence-corrected chi connectivity index (χ1v) is 11.9. The molecule has 3 aromatic rings. The van der Waals surface area contributed by atoms with Gasteiger partial charge >= 0.3 is 0 Å². The summed E-state index contributed by atoms with van der Waals surface area (Å²) < 4.78 is 38.3. The van der Waals surface area contributed by atoms with Crippen LogP contribution in [0.4, 0.5) is 11.6 Å². The van der Waals surface area contributed by atoms with Crippen molar-refractivity contribution >= 4 is 21.4 Å². The van der Waals surface area contributed by atoms with Crippen molar-refractivity contribution in [3.8, 4) is 17.2 Å². The normalized spacial score (nSPS) is 14.3. The molecule has 0 saturated carbocycles. The summed E-state index contributed by atoms with van der Waals surface area (Å²) in [5, 5.41) is 11.0. The molecule has 2 aromatic carbocycles. The summed E-state index contributed by atoms with van der Waals surface area (Å²) >= 11 is 0. The van der Waals surface area contributed by atoms with Gasteiger partial charge in [-0.3, -0.25) is 10.1 Å². The van der Waals surface area contributed by atoms with E-state index in [0.717, 1.165) is 19.3 Å². The monoisotopic (exact) mass is 457 g/mol. The minimum atomic E-state index is -4.00. The molecule has 0 bridgehead atoms. The molecular weight excluding hydrogens is 434 g/mol. The van der Waals surface area contributed by atoms with E-state index >= 15 is 0 Å². The fourth-order valence-electron chi connectivity index (χ4n) is 3.64. The third-order valence-corrected chi connectivity index (χ3v) is 6.89.